The van der Waals surface area contributed by atoms with Crippen molar-refractivity contribution in [2.75, 3.05) is 7.11 Å². The van der Waals surface area contributed by atoms with Crippen molar-refractivity contribution >= 4 is 11.5 Å². The van der Waals surface area contributed by atoms with E-state index in [0.29, 0.717) is 11.5 Å². The molecule has 0 N–H and O–H groups in total. The molecule has 0 bridgehead atoms. The Balaban J connectivity index is 1.49. The second kappa shape index (κ2) is 9.29. The molecule has 0 aliphatic heterocycles. The number of nitrogens with zero attached hydrogens (tertiary/aromatic N) is 1. The van der Waals surface area contributed by atoms with Crippen LogP contribution in [0, 0.1) is 5.92 Å². The first-order valence-electron chi connectivity index (χ1n) is 11.2. The van der Waals surface area contributed by atoms with E-state index in [1.807, 2.05) is 48.5 Å². The number of methoxy groups -OCH3 is 1. The van der Waals surface area contributed by atoms with Crippen LogP contribution >= 0.6 is 0 Å². The number of benzene rings is 3. The van der Waals surface area contributed by atoms with E-state index >= 15 is 0 Å². The van der Waals surface area contributed by atoms with Crippen molar-refractivity contribution in [2.45, 2.75) is 19.3 Å². The minimum atomic E-state index is -0.313. The molecule has 1 heterocycles. The van der Waals surface area contributed by atoms with Crippen LogP contribution in [0.15, 0.2) is 95.4 Å². The first-order chi connectivity index (χ1) is 16.2. The van der Waals surface area contributed by atoms with Gasteiger partial charge in [-0.15, -0.1) is 0 Å². The van der Waals surface area contributed by atoms with Crippen LogP contribution < -0.4 is 0 Å². The van der Waals surface area contributed by atoms with Gasteiger partial charge in [0.1, 0.15) is 5.69 Å². The molecule has 4 heteroatoms. The standard InChI is InChI=1S/C29H25NO3/c1-32-29(31)24-16-8-10-20(19-24)18-23-15-9-17-25(23)28-30-26(21-11-4-2-5-12-21)27(33-28)22-13-6-3-7-14-22/h2-8,10-14,16-17,19,23H,9,15,18H2,1H3. The largest absolute Gasteiger partial charge is 0.465 e. The van der Waals surface area contributed by atoms with Gasteiger partial charge in [0.25, 0.3) is 0 Å². The molecule has 4 aromatic rings. The molecule has 5 rings (SSSR count). The van der Waals surface area contributed by atoms with Gasteiger partial charge in [-0.3, -0.25) is 0 Å². The number of allylic oxidation sites excluding steroid dienone is 2. The van der Waals surface area contributed by atoms with Gasteiger partial charge < -0.3 is 9.15 Å². The first kappa shape index (κ1) is 21.0. The van der Waals surface area contributed by atoms with E-state index in [1.54, 1.807) is 6.07 Å². The second-order valence-corrected chi connectivity index (χ2v) is 8.26. The Kier molecular flexibility index (Phi) is 5.90. The van der Waals surface area contributed by atoms with E-state index in [1.165, 1.54) is 7.11 Å². The summed E-state index contributed by atoms with van der Waals surface area (Å²) < 4.78 is 11.3. The van der Waals surface area contributed by atoms with Gasteiger partial charge in [-0.05, 0) is 42.9 Å². The molecule has 0 radical (unpaired) electrons. The third-order valence-corrected chi connectivity index (χ3v) is 6.11. The number of hydrogen-bond acceptors (Lipinski definition) is 4. The predicted octanol–water partition coefficient (Wildman–Crippen LogP) is 6.83. The molecule has 1 aliphatic carbocycles. The van der Waals surface area contributed by atoms with Crippen molar-refractivity contribution in [3.05, 3.63) is 108 Å². The van der Waals surface area contributed by atoms with Crippen LogP contribution in [0.25, 0.3) is 28.2 Å². The van der Waals surface area contributed by atoms with Crippen molar-refractivity contribution in [1.82, 2.24) is 4.98 Å². The Morgan fingerprint density at radius 2 is 1.70 bits per heavy atom. The zero-order chi connectivity index (χ0) is 22.6. The van der Waals surface area contributed by atoms with Crippen LogP contribution in [0.3, 0.4) is 0 Å². The van der Waals surface area contributed by atoms with Crippen LogP contribution in [0.1, 0.15) is 34.7 Å². The molecule has 1 aliphatic rings. The fourth-order valence-electron chi connectivity index (χ4n) is 4.48. The first-order valence-corrected chi connectivity index (χ1v) is 11.2. The maximum Gasteiger partial charge on any atom is 0.337 e. The summed E-state index contributed by atoms with van der Waals surface area (Å²) in [5.41, 5.74) is 5.72. The second-order valence-electron chi connectivity index (χ2n) is 8.26. The van der Waals surface area contributed by atoms with E-state index in [2.05, 4.69) is 36.4 Å². The van der Waals surface area contributed by atoms with E-state index in [9.17, 15) is 4.79 Å². The van der Waals surface area contributed by atoms with Gasteiger partial charge >= 0.3 is 5.97 Å². The van der Waals surface area contributed by atoms with Crippen LogP contribution in [-0.2, 0) is 11.2 Å². The summed E-state index contributed by atoms with van der Waals surface area (Å²) in [6.07, 6.45) is 5.08. The molecule has 3 aromatic carbocycles. The van der Waals surface area contributed by atoms with E-state index in [-0.39, 0.29) is 11.9 Å². The number of carbonyl (C=O) groups is 1. The van der Waals surface area contributed by atoms with Gasteiger partial charge in [0, 0.05) is 16.7 Å². The van der Waals surface area contributed by atoms with Crippen molar-refractivity contribution in [3.63, 3.8) is 0 Å². The van der Waals surface area contributed by atoms with Gasteiger partial charge in [-0.2, -0.15) is 0 Å². The molecule has 0 spiro atoms. The summed E-state index contributed by atoms with van der Waals surface area (Å²) >= 11 is 0. The maximum atomic E-state index is 11.9. The Morgan fingerprint density at radius 3 is 2.42 bits per heavy atom. The number of aromatic nitrogens is 1. The number of esters is 1. The molecular weight excluding hydrogens is 410 g/mol. The lowest BCUT2D eigenvalue weighted by molar-refractivity contribution is 0.0600. The molecule has 0 amide bonds. The van der Waals surface area contributed by atoms with Gasteiger partial charge in [-0.25, -0.2) is 9.78 Å². The Bertz CT molecular complexity index is 1230. The molecule has 1 atom stereocenters. The third kappa shape index (κ3) is 4.37. The number of rotatable bonds is 6. The number of hydrogen-bond donors (Lipinski definition) is 0. The number of oxazole rings is 1. The molecule has 0 saturated carbocycles. The topological polar surface area (TPSA) is 52.3 Å². The summed E-state index contributed by atoms with van der Waals surface area (Å²) in [6, 6.07) is 28.0. The molecule has 4 nitrogen and oxygen atoms in total. The van der Waals surface area contributed by atoms with Gasteiger partial charge in [0.15, 0.2) is 5.76 Å². The average Bonchev–Trinajstić information content (AvgIpc) is 3.52. The van der Waals surface area contributed by atoms with Gasteiger partial charge in [-0.1, -0.05) is 78.9 Å². The fourth-order valence-corrected chi connectivity index (χ4v) is 4.48. The minimum Gasteiger partial charge on any atom is -0.465 e. The molecule has 33 heavy (non-hydrogen) atoms. The monoisotopic (exact) mass is 435 g/mol. The lowest BCUT2D eigenvalue weighted by Gasteiger charge is -2.13. The highest BCUT2D eigenvalue weighted by Crippen LogP contribution is 2.40. The molecule has 1 aromatic heterocycles. The highest BCUT2D eigenvalue weighted by Gasteiger charge is 2.27. The predicted molar refractivity (Wildman–Crippen MR) is 130 cm³/mol. The van der Waals surface area contributed by atoms with Crippen LogP contribution in [0.5, 0.6) is 0 Å². The zero-order valence-corrected chi connectivity index (χ0v) is 18.5. The van der Waals surface area contributed by atoms with Crippen molar-refractivity contribution in [1.29, 1.82) is 0 Å². The Labute approximate surface area is 193 Å². The molecule has 1 unspecified atom stereocenters. The summed E-state index contributed by atoms with van der Waals surface area (Å²) in [5, 5.41) is 0. The molecule has 0 saturated heterocycles. The van der Waals surface area contributed by atoms with Crippen LogP contribution in [0.2, 0.25) is 0 Å². The minimum absolute atomic E-state index is 0.281. The number of ether oxygens (including phenoxy) is 1. The Morgan fingerprint density at radius 1 is 0.970 bits per heavy atom. The summed E-state index contributed by atoms with van der Waals surface area (Å²) in [5.74, 6) is 1.44. The molecular formula is C29H25NO3. The van der Waals surface area contributed by atoms with E-state index in [0.717, 1.165) is 53.0 Å². The van der Waals surface area contributed by atoms with Crippen molar-refractivity contribution < 1.29 is 13.9 Å². The SMILES string of the molecule is COC(=O)c1cccc(CC2CCC=C2c2nc(-c3ccccc3)c(-c3ccccc3)o2)c1. The smallest absolute Gasteiger partial charge is 0.337 e. The number of carbonyl (C=O) groups excluding carboxylic acids is 1. The van der Waals surface area contributed by atoms with Gasteiger partial charge in [0.05, 0.1) is 12.7 Å². The zero-order valence-electron chi connectivity index (χ0n) is 18.5. The lowest BCUT2D eigenvalue weighted by Crippen LogP contribution is -2.06. The normalized spacial score (nSPS) is 15.3. The van der Waals surface area contributed by atoms with E-state index in [4.69, 9.17) is 14.1 Å². The van der Waals surface area contributed by atoms with Gasteiger partial charge in [0.2, 0.25) is 5.89 Å². The average molecular weight is 436 g/mol. The summed E-state index contributed by atoms with van der Waals surface area (Å²) in [4.78, 5) is 16.9. The van der Waals surface area contributed by atoms with E-state index < -0.39 is 0 Å². The Hall–Kier alpha value is -3.92. The van der Waals surface area contributed by atoms with Crippen LogP contribution in [-0.4, -0.2) is 18.1 Å². The maximum absolute atomic E-state index is 11.9. The molecule has 164 valence electrons. The van der Waals surface area contributed by atoms with Crippen molar-refractivity contribution in [3.8, 4) is 22.6 Å². The summed E-state index contributed by atoms with van der Waals surface area (Å²) in [6.45, 7) is 0. The third-order valence-electron chi connectivity index (χ3n) is 6.11. The highest BCUT2D eigenvalue weighted by atomic mass is 16.5. The lowest BCUT2D eigenvalue weighted by atomic mass is 9.92. The fraction of sp³-hybridized carbons (Fsp3) is 0.172. The highest BCUT2D eigenvalue weighted by molar-refractivity contribution is 5.89. The van der Waals surface area contributed by atoms with Crippen LogP contribution in [0.4, 0.5) is 0 Å². The summed E-state index contributed by atoms with van der Waals surface area (Å²) in [7, 11) is 1.41. The molecule has 0 fully saturated rings. The van der Waals surface area contributed by atoms with Crippen molar-refractivity contribution in [2.24, 2.45) is 5.92 Å². The quantitative estimate of drug-likeness (QED) is 0.311.